The zero-order valence-corrected chi connectivity index (χ0v) is 11.0. The van der Waals surface area contributed by atoms with Gasteiger partial charge in [-0.1, -0.05) is 18.2 Å². The van der Waals surface area contributed by atoms with Crippen molar-refractivity contribution < 1.29 is 22.0 Å². The van der Waals surface area contributed by atoms with Gasteiger partial charge in [0.15, 0.2) is 0 Å². The monoisotopic (exact) mass is 301 g/mol. The third kappa shape index (κ3) is 3.51. The summed E-state index contributed by atoms with van der Waals surface area (Å²) >= 11 is 0. The number of halogens is 5. The maximum atomic E-state index is 13.5. The summed E-state index contributed by atoms with van der Waals surface area (Å²) in [5, 5.41) is 2.62. The number of benzene rings is 2. The average molecular weight is 301 g/mol. The number of alkyl halides is 3. The molecule has 1 unspecified atom stereocenters. The minimum atomic E-state index is -4.41. The van der Waals surface area contributed by atoms with Gasteiger partial charge in [-0.05, 0) is 36.8 Å². The fourth-order valence-electron chi connectivity index (χ4n) is 1.90. The highest BCUT2D eigenvalue weighted by Gasteiger charge is 2.30. The summed E-state index contributed by atoms with van der Waals surface area (Å²) < 4.78 is 64.4. The van der Waals surface area contributed by atoms with Crippen molar-refractivity contribution in [3.8, 4) is 0 Å². The maximum absolute atomic E-state index is 13.5. The van der Waals surface area contributed by atoms with E-state index in [4.69, 9.17) is 0 Å². The van der Waals surface area contributed by atoms with E-state index in [2.05, 4.69) is 5.32 Å². The topological polar surface area (TPSA) is 12.0 Å². The number of anilines is 1. The van der Waals surface area contributed by atoms with Crippen molar-refractivity contribution in [3.63, 3.8) is 0 Å². The minimum absolute atomic E-state index is 0.301. The molecular formula is C15H12F5N. The van der Waals surface area contributed by atoms with Gasteiger partial charge in [-0.25, -0.2) is 8.78 Å². The molecule has 0 aliphatic carbocycles. The van der Waals surface area contributed by atoms with Gasteiger partial charge in [0.25, 0.3) is 0 Å². The van der Waals surface area contributed by atoms with Crippen LogP contribution in [0.4, 0.5) is 27.6 Å². The first kappa shape index (κ1) is 15.3. The maximum Gasteiger partial charge on any atom is 0.416 e. The Labute approximate surface area is 118 Å². The molecule has 1 atom stereocenters. The molecule has 2 aromatic rings. The van der Waals surface area contributed by atoms with Gasteiger partial charge >= 0.3 is 6.18 Å². The second-order valence-electron chi connectivity index (χ2n) is 4.58. The lowest BCUT2D eigenvalue weighted by molar-refractivity contribution is -0.137. The number of para-hydroxylation sites is 1. The lowest BCUT2D eigenvalue weighted by Crippen LogP contribution is -2.10. The molecule has 0 aliphatic rings. The second kappa shape index (κ2) is 5.71. The first-order chi connectivity index (χ1) is 9.79. The smallest absolute Gasteiger partial charge is 0.374 e. The van der Waals surface area contributed by atoms with Gasteiger partial charge in [-0.15, -0.1) is 0 Å². The molecule has 0 amide bonds. The van der Waals surface area contributed by atoms with E-state index >= 15 is 0 Å². The van der Waals surface area contributed by atoms with Crippen LogP contribution in [0.2, 0.25) is 0 Å². The standard InChI is InChI=1S/C15H12F5N/c1-9(21-14-12(16)3-2-4-13(14)17)10-5-7-11(8-6-10)15(18,19)20/h2-9,21H,1H3. The van der Waals surface area contributed by atoms with Crippen LogP contribution in [0, 0.1) is 11.6 Å². The summed E-state index contributed by atoms with van der Waals surface area (Å²) in [6.45, 7) is 1.61. The van der Waals surface area contributed by atoms with E-state index in [0.29, 0.717) is 5.56 Å². The molecule has 112 valence electrons. The molecule has 6 heteroatoms. The van der Waals surface area contributed by atoms with Crippen molar-refractivity contribution >= 4 is 5.69 Å². The molecule has 0 spiro atoms. The van der Waals surface area contributed by atoms with Crippen LogP contribution in [-0.4, -0.2) is 0 Å². The fraction of sp³-hybridized carbons (Fsp3) is 0.200. The van der Waals surface area contributed by atoms with Crippen LogP contribution < -0.4 is 5.32 Å². The third-order valence-corrected chi connectivity index (χ3v) is 3.06. The van der Waals surface area contributed by atoms with Crippen molar-refractivity contribution in [2.75, 3.05) is 5.32 Å². The first-order valence-corrected chi connectivity index (χ1v) is 6.16. The normalized spacial score (nSPS) is 13.0. The van der Waals surface area contributed by atoms with Gasteiger partial charge in [0.1, 0.15) is 17.3 Å². The number of nitrogens with one attached hydrogen (secondary N) is 1. The number of hydrogen-bond donors (Lipinski definition) is 1. The molecule has 0 heterocycles. The number of hydrogen-bond acceptors (Lipinski definition) is 1. The van der Waals surface area contributed by atoms with Crippen LogP contribution in [0.15, 0.2) is 42.5 Å². The third-order valence-electron chi connectivity index (χ3n) is 3.06. The van der Waals surface area contributed by atoms with E-state index in [1.54, 1.807) is 6.92 Å². The Bertz CT molecular complexity index is 599. The highest BCUT2D eigenvalue weighted by Crippen LogP contribution is 2.31. The van der Waals surface area contributed by atoms with Crippen molar-refractivity contribution in [1.82, 2.24) is 0 Å². The quantitative estimate of drug-likeness (QED) is 0.772. The molecule has 0 saturated carbocycles. The number of rotatable bonds is 3. The van der Waals surface area contributed by atoms with Crippen molar-refractivity contribution in [1.29, 1.82) is 0 Å². The van der Waals surface area contributed by atoms with Crippen molar-refractivity contribution in [2.24, 2.45) is 0 Å². The molecule has 1 N–H and O–H groups in total. The predicted octanol–water partition coefficient (Wildman–Crippen LogP) is 5.16. The lowest BCUT2D eigenvalue weighted by atomic mass is 10.1. The molecule has 21 heavy (non-hydrogen) atoms. The molecule has 0 saturated heterocycles. The Morgan fingerprint density at radius 2 is 1.43 bits per heavy atom. The molecule has 0 radical (unpaired) electrons. The van der Waals surface area contributed by atoms with Gasteiger partial charge in [0.2, 0.25) is 0 Å². The largest absolute Gasteiger partial charge is 0.416 e. The molecule has 2 rings (SSSR count). The van der Waals surface area contributed by atoms with Gasteiger partial charge in [-0.2, -0.15) is 13.2 Å². The minimum Gasteiger partial charge on any atom is -0.374 e. The van der Waals surface area contributed by atoms with E-state index in [0.717, 1.165) is 24.3 Å². The summed E-state index contributed by atoms with van der Waals surface area (Å²) in [6, 6.07) is 7.32. The van der Waals surface area contributed by atoms with E-state index in [1.165, 1.54) is 18.2 Å². The van der Waals surface area contributed by atoms with E-state index < -0.39 is 29.4 Å². The predicted molar refractivity (Wildman–Crippen MR) is 69.8 cm³/mol. The van der Waals surface area contributed by atoms with Crippen LogP contribution in [0.5, 0.6) is 0 Å². The molecule has 0 bridgehead atoms. The molecule has 0 aliphatic heterocycles. The van der Waals surface area contributed by atoms with Gasteiger partial charge in [0.05, 0.1) is 5.56 Å². The van der Waals surface area contributed by atoms with Gasteiger partial charge in [0, 0.05) is 6.04 Å². The Morgan fingerprint density at radius 1 is 0.905 bits per heavy atom. The van der Waals surface area contributed by atoms with Gasteiger partial charge in [-0.3, -0.25) is 0 Å². The second-order valence-corrected chi connectivity index (χ2v) is 4.58. The zero-order valence-electron chi connectivity index (χ0n) is 11.0. The average Bonchev–Trinajstić information content (AvgIpc) is 2.42. The van der Waals surface area contributed by atoms with E-state index in [-0.39, 0.29) is 5.69 Å². The highest BCUT2D eigenvalue weighted by atomic mass is 19.4. The zero-order chi connectivity index (χ0) is 15.6. The fourth-order valence-corrected chi connectivity index (χ4v) is 1.90. The Balaban J connectivity index is 2.19. The van der Waals surface area contributed by atoms with Gasteiger partial charge < -0.3 is 5.32 Å². The van der Waals surface area contributed by atoms with Crippen LogP contribution in [-0.2, 0) is 6.18 Å². The summed E-state index contributed by atoms with van der Waals surface area (Å²) in [6.07, 6.45) is -4.41. The Morgan fingerprint density at radius 3 is 1.90 bits per heavy atom. The van der Waals surface area contributed by atoms with E-state index in [1.807, 2.05) is 0 Å². The van der Waals surface area contributed by atoms with Crippen LogP contribution >= 0.6 is 0 Å². The lowest BCUT2D eigenvalue weighted by Gasteiger charge is -2.17. The van der Waals surface area contributed by atoms with Crippen molar-refractivity contribution in [3.05, 3.63) is 65.2 Å². The van der Waals surface area contributed by atoms with Crippen molar-refractivity contribution in [2.45, 2.75) is 19.1 Å². The van der Waals surface area contributed by atoms with Crippen LogP contribution in [0.3, 0.4) is 0 Å². The van der Waals surface area contributed by atoms with Crippen LogP contribution in [0.25, 0.3) is 0 Å². The molecule has 0 aromatic heterocycles. The Kier molecular flexibility index (Phi) is 4.16. The SMILES string of the molecule is CC(Nc1c(F)cccc1F)c1ccc(C(F)(F)F)cc1. The summed E-state index contributed by atoms with van der Waals surface area (Å²) in [5.41, 5.74) is -0.578. The Hall–Kier alpha value is -2.11. The molecule has 1 nitrogen and oxygen atoms in total. The first-order valence-electron chi connectivity index (χ1n) is 6.16. The van der Waals surface area contributed by atoms with E-state index in [9.17, 15) is 22.0 Å². The summed E-state index contributed by atoms with van der Waals surface area (Å²) in [7, 11) is 0. The summed E-state index contributed by atoms with van der Waals surface area (Å²) in [5.74, 6) is -1.51. The molecular weight excluding hydrogens is 289 g/mol. The van der Waals surface area contributed by atoms with Crippen LogP contribution in [0.1, 0.15) is 24.1 Å². The molecule has 2 aromatic carbocycles. The highest BCUT2D eigenvalue weighted by molar-refractivity contribution is 5.48. The summed E-state index contributed by atoms with van der Waals surface area (Å²) in [4.78, 5) is 0. The molecule has 0 fully saturated rings.